The number of methoxy groups -OCH3 is 3. The SMILES string of the molecule is COc1cc(C=NNC(=O)[C@@H]2CC(=O)N(c3ccc(Br)cc3)C2)cc(OC)c1OC. The Balaban J connectivity index is 1.65. The molecule has 1 fully saturated rings. The van der Waals surface area contributed by atoms with E-state index in [-0.39, 0.29) is 18.2 Å². The average Bonchev–Trinajstić information content (AvgIpc) is 3.15. The molecule has 1 N–H and O–H groups in total. The standard InChI is InChI=1S/C21H22BrN3O5/c1-28-17-8-13(9-18(29-2)20(17)30-3)11-23-24-21(27)14-10-19(26)25(12-14)16-6-4-15(22)5-7-16/h4-9,11,14H,10,12H2,1-3H3,(H,24,27)/t14-/m1/s1. The Bertz CT molecular complexity index is 937. The Morgan fingerprint density at radius 1 is 1.13 bits per heavy atom. The van der Waals surface area contributed by atoms with Crippen LogP contribution in [0.15, 0.2) is 46.0 Å². The van der Waals surface area contributed by atoms with Gasteiger partial charge in [0.05, 0.1) is 33.5 Å². The van der Waals surface area contributed by atoms with Gasteiger partial charge in [-0.15, -0.1) is 0 Å². The fraction of sp³-hybridized carbons (Fsp3) is 0.286. The molecule has 1 heterocycles. The number of halogens is 1. The third-order valence-corrected chi connectivity index (χ3v) is 5.24. The Hall–Kier alpha value is -3.07. The normalized spacial score (nSPS) is 16.1. The van der Waals surface area contributed by atoms with Crippen LogP contribution in [0.5, 0.6) is 17.2 Å². The largest absolute Gasteiger partial charge is 0.493 e. The number of carbonyl (C=O) groups is 2. The van der Waals surface area contributed by atoms with Gasteiger partial charge in [0, 0.05) is 28.7 Å². The Morgan fingerprint density at radius 3 is 2.33 bits per heavy atom. The highest BCUT2D eigenvalue weighted by atomic mass is 79.9. The molecule has 158 valence electrons. The smallest absolute Gasteiger partial charge is 0.245 e. The van der Waals surface area contributed by atoms with E-state index < -0.39 is 5.92 Å². The highest BCUT2D eigenvalue weighted by Crippen LogP contribution is 2.37. The van der Waals surface area contributed by atoms with Crippen molar-refractivity contribution in [3.8, 4) is 17.2 Å². The van der Waals surface area contributed by atoms with Gasteiger partial charge in [-0.3, -0.25) is 9.59 Å². The molecule has 30 heavy (non-hydrogen) atoms. The van der Waals surface area contributed by atoms with Crippen LogP contribution in [0.1, 0.15) is 12.0 Å². The zero-order valence-corrected chi connectivity index (χ0v) is 18.4. The number of benzene rings is 2. The van der Waals surface area contributed by atoms with Crippen molar-refractivity contribution >= 4 is 39.6 Å². The first-order chi connectivity index (χ1) is 14.5. The fourth-order valence-corrected chi connectivity index (χ4v) is 3.46. The molecule has 0 spiro atoms. The van der Waals surface area contributed by atoms with E-state index in [1.54, 1.807) is 17.0 Å². The summed E-state index contributed by atoms with van der Waals surface area (Å²) in [5.41, 5.74) is 3.93. The van der Waals surface area contributed by atoms with E-state index in [1.165, 1.54) is 27.5 Å². The molecule has 3 rings (SSSR count). The van der Waals surface area contributed by atoms with Crippen molar-refractivity contribution in [2.75, 3.05) is 32.8 Å². The van der Waals surface area contributed by atoms with Crippen LogP contribution in [0, 0.1) is 5.92 Å². The van der Waals surface area contributed by atoms with Gasteiger partial charge >= 0.3 is 0 Å². The Kier molecular flexibility index (Phi) is 6.94. The highest BCUT2D eigenvalue weighted by molar-refractivity contribution is 9.10. The minimum Gasteiger partial charge on any atom is -0.493 e. The third kappa shape index (κ3) is 4.73. The lowest BCUT2D eigenvalue weighted by molar-refractivity contribution is -0.126. The molecule has 0 bridgehead atoms. The van der Waals surface area contributed by atoms with E-state index in [0.717, 1.165) is 10.2 Å². The molecular weight excluding hydrogens is 454 g/mol. The summed E-state index contributed by atoms with van der Waals surface area (Å²) in [4.78, 5) is 26.4. The van der Waals surface area contributed by atoms with Gasteiger partial charge in [-0.05, 0) is 36.4 Å². The first-order valence-corrected chi connectivity index (χ1v) is 9.95. The minimum absolute atomic E-state index is 0.0916. The number of rotatable bonds is 7. The van der Waals surface area contributed by atoms with Crippen molar-refractivity contribution in [3.05, 3.63) is 46.4 Å². The van der Waals surface area contributed by atoms with Gasteiger partial charge in [0.1, 0.15) is 0 Å². The topological polar surface area (TPSA) is 89.5 Å². The molecule has 0 aliphatic carbocycles. The van der Waals surface area contributed by atoms with Crippen molar-refractivity contribution in [2.45, 2.75) is 6.42 Å². The number of nitrogens with zero attached hydrogens (tertiary/aromatic N) is 2. The molecule has 0 unspecified atom stereocenters. The molecule has 2 aromatic rings. The van der Waals surface area contributed by atoms with Crippen LogP contribution in [0.4, 0.5) is 5.69 Å². The molecule has 0 radical (unpaired) electrons. The zero-order chi connectivity index (χ0) is 21.7. The maximum atomic E-state index is 12.5. The summed E-state index contributed by atoms with van der Waals surface area (Å²) in [5.74, 6) is 0.557. The summed E-state index contributed by atoms with van der Waals surface area (Å²) in [5, 5.41) is 4.01. The molecule has 1 saturated heterocycles. The number of amides is 2. The summed E-state index contributed by atoms with van der Waals surface area (Å²) >= 11 is 3.37. The zero-order valence-electron chi connectivity index (χ0n) is 16.8. The molecule has 9 heteroatoms. The van der Waals surface area contributed by atoms with E-state index in [0.29, 0.717) is 29.4 Å². The number of hydrazone groups is 1. The molecule has 0 saturated carbocycles. The summed E-state index contributed by atoms with van der Waals surface area (Å²) < 4.78 is 16.8. The van der Waals surface area contributed by atoms with Crippen molar-refractivity contribution in [1.29, 1.82) is 0 Å². The lowest BCUT2D eigenvalue weighted by atomic mass is 10.1. The first-order valence-electron chi connectivity index (χ1n) is 9.15. The molecule has 8 nitrogen and oxygen atoms in total. The maximum Gasteiger partial charge on any atom is 0.245 e. The van der Waals surface area contributed by atoms with E-state index in [1.807, 2.05) is 24.3 Å². The average molecular weight is 476 g/mol. The quantitative estimate of drug-likeness (QED) is 0.491. The van der Waals surface area contributed by atoms with Crippen LogP contribution >= 0.6 is 15.9 Å². The molecule has 1 atom stereocenters. The van der Waals surface area contributed by atoms with Crippen molar-refractivity contribution in [2.24, 2.45) is 11.0 Å². The van der Waals surface area contributed by atoms with Crippen LogP contribution in [0.2, 0.25) is 0 Å². The summed E-state index contributed by atoms with van der Waals surface area (Å²) in [6.07, 6.45) is 1.62. The molecular formula is C21H22BrN3O5. The highest BCUT2D eigenvalue weighted by Gasteiger charge is 2.35. The van der Waals surface area contributed by atoms with Crippen LogP contribution in [-0.4, -0.2) is 45.9 Å². The number of carbonyl (C=O) groups excluding carboxylic acids is 2. The number of hydrogen-bond donors (Lipinski definition) is 1. The van der Waals surface area contributed by atoms with Gasteiger partial charge in [0.2, 0.25) is 17.6 Å². The molecule has 2 amide bonds. The van der Waals surface area contributed by atoms with Gasteiger partial charge in [-0.2, -0.15) is 5.10 Å². The number of nitrogens with one attached hydrogen (secondary N) is 1. The van der Waals surface area contributed by atoms with Gasteiger partial charge in [-0.25, -0.2) is 5.43 Å². The molecule has 1 aliphatic rings. The molecule has 0 aromatic heterocycles. The van der Waals surface area contributed by atoms with Crippen molar-refractivity contribution in [1.82, 2.24) is 5.43 Å². The molecule has 2 aromatic carbocycles. The predicted octanol–water partition coefficient (Wildman–Crippen LogP) is 2.98. The van der Waals surface area contributed by atoms with Crippen LogP contribution in [-0.2, 0) is 9.59 Å². The lowest BCUT2D eigenvalue weighted by Crippen LogP contribution is -2.30. The summed E-state index contributed by atoms with van der Waals surface area (Å²) in [6.45, 7) is 0.312. The second kappa shape index (κ2) is 9.62. The summed E-state index contributed by atoms with van der Waals surface area (Å²) in [6, 6.07) is 10.8. The van der Waals surface area contributed by atoms with Gasteiger partial charge < -0.3 is 19.1 Å². The van der Waals surface area contributed by atoms with E-state index in [9.17, 15) is 9.59 Å². The Labute approximate surface area is 182 Å². The maximum absolute atomic E-state index is 12.5. The minimum atomic E-state index is -0.474. The van der Waals surface area contributed by atoms with Crippen molar-refractivity contribution < 1.29 is 23.8 Å². The van der Waals surface area contributed by atoms with Crippen LogP contribution < -0.4 is 24.5 Å². The number of ether oxygens (including phenoxy) is 3. The number of hydrogen-bond acceptors (Lipinski definition) is 6. The monoisotopic (exact) mass is 475 g/mol. The second-order valence-corrected chi connectivity index (χ2v) is 7.49. The first kappa shape index (κ1) is 21.6. The predicted molar refractivity (Wildman–Crippen MR) is 116 cm³/mol. The Morgan fingerprint density at radius 2 is 1.77 bits per heavy atom. The lowest BCUT2D eigenvalue weighted by Gasteiger charge is -2.16. The van der Waals surface area contributed by atoms with E-state index in [2.05, 4.69) is 26.5 Å². The third-order valence-electron chi connectivity index (χ3n) is 4.71. The fourth-order valence-electron chi connectivity index (χ4n) is 3.19. The van der Waals surface area contributed by atoms with Crippen LogP contribution in [0.25, 0.3) is 0 Å². The van der Waals surface area contributed by atoms with Gasteiger partial charge in [0.15, 0.2) is 11.5 Å². The van der Waals surface area contributed by atoms with Crippen molar-refractivity contribution in [3.63, 3.8) is 0 Å². The molecule has 1 aliphatic heterocycles. The summed E-state index contributed by atoms with van der Waals surface area (Å²) in [7, 11) is 4.57. The van der Waals surface area contributed by atoms with E-state index in [4.69, 9.17) is 14.2 Å². The van der Waals surface area contributed by atoms with Gasteiger partial charge in [-0.1, -0.05) is 15.9 Å². The van der Waals surface area contributed by atoms with Crippen LogP contribution in [0.3, 0.4) is 0 Å². The van der Waals surface area contributed by atoms with E-state index >= 15 is 0 Å². The van der Waals surface area contributed by atoms with Gasteiger partial charge in [0.25, 0.3) is 0 Å². The second-order valence-electron chi connectivity index (χ2n) is 6.57. The number of anilines is 1.